The van der Waals surface area contributed by atoms with E-state index in [0.29, 0.717) is 18.6 Å². The van der Waals surface area contributed by atoms with E-state index in [1.54, 1.807) is 26.0 Å². The summed E-state index contributed by atoms with van der Waals surface area (Å²) in [4.78, 5) is 0.129. The molecule has 1 aromatic rings. The first-order chi connectivity index (χ1) is 11.2. The van der Waals surface area contributed by atoms with E-state index in [9.17, 15) is 13.5 Å². The summed E-state index contributed by atoms with van der Waals surface area (Å²) in [5.41, 5.74) is 2.39. The van der Waals surface area contributed by atoms with E-state index in [1.165, 1.54) is 12.1 Å². The van der Waals surface area contributed by atoms with Gasteiger partial charge in [-0.25, -0.2) is 0 Å². The van der Waals surface area contributed by atoms with Crippen molar-refractivity contribution >= 4 is 10.1 Å². The van der Waals surface area contributed by atoms with Gasteiger partial charge in [0.15, 0.2) is 0 Å². The van der Waals surface area contributed by atoms with Gasteiger partial charge in [-0.2, -0.15) is 8.42 Å². The Morgan fingerprint density at radius 1 is 1.25 bits per heavy atom. The van der Waals surface area contributed by atoms with E-state index in [4.69, 9.17) is 8.92 Å². The lowest BCUT2D eigenvalue weighted by Gasteiger charge is -2.19. The van der Waals surface area contributed by atoms with Crippen molar-refractivity contribution in [3.63, 3.8) is 0 Å². The second-order valence-electron chi connectivity index (χ2n) is 5.70. The van der Waals surface area contributed by atoms with E-state index in [0.717, 1.165) is 11.1 Å². The Hall–Kier alpha value is -1.79. The third-order valence-electron chi connectivity index (χ3n) is 3.69. The Kier molecular flexibility index (Phi) is 7.51. The number of aliphatic hydroxyl groups excluding tert-OH is 1. The number of benzene rings is 1. The molecule has 0 aliphatic rings. The summed E-state index contributed by atoms with van der Waals surface area (Å²) >= 11 is 0. The van der Waals surface area contributed by atoms with Crippen LogP contribution in [0.3, 0.4) is 0 Å². The monoisotopic (exact) mass is 354 g/mol. The van der Waals surface area contributed by atoms with Crippen LogP contribution < -0.4 is 0 Å². The predicted octanol–water partition coefficient (Wildman–Crippen LogP) is 4.11. The molecular weight excluding hydrogens is 328 g/mol. The van der Waals surface area contributed by atoms with Crippen LogP contribution in [0, 0.1) is 12.8 Å². The highest BCUT2D eigenvalue weighted by Gasteiger charge is 2.20. The highest BCUT2D eigenvalue weighted by molar-refractivity contribution is 7.86. The second-order valence-corrected chi connectivity index (χ2v) is 7.31. The maximum atomic E-state index is 12.2. The normalized spacial score (nSPS) is 14.0. The lowest BCUT2D eigenvalue weighted by Crippen LogP contribution is -2.14. The number of ether oxygens (including phenoxy) is 1. The largest absolute Gasteiger partial charge is 0.481 e. The van der Waals surface area contributed by atoms with E-state index in [1.807, 2.05) is 13.8 Å². The van der Waals surface area contributed by atoms with Gasteiger partial charge in [0, 0.05) is 11.5 Å². The van der Waals surface area contributed by atoms with Gasteiger partial charge in [-0.3, -0.25) is 4.18 Å². The molecule has 0 spiro atoms. The molecule has 1 rings (SSSR count). The first-order valence-corrected chi connectivity index (χ1v) is 9.24. The van der Waals surface area contributed by atoms with Crippen LogP contribution in [0.2, 0.25) is 0 Å². The van der Waals surface area contributed by atoms with Crippen LogP contribution in [0.25, 0.3) is 0 Å². The van der Waals surface area contributed by atoms with E-state index >= 15 is 0 Å². The van der Waals surface area contributed by atoms with Crippen LogP contribution in [0.15, 0.2) is 52.8 Å². The summed E-state index contributed by atoms with van der Waals surface area (Å²) in [7, 11) is -3.79. The molecule has 1 aromatic carbocycles. The summed E-state index contributed by atoms with van der Waals surface area (Å²) in [5.74, 6) is -0.364. The molecule has 0 saturated carbocycles. The van der Waals surface area contributed by atoms with Crippen LogP contribution in [-0.4, -0.2) is 26.7 Å². The lowest BCUT2D eigenvalue weighted by molar-refractivity contribution is 0.0946. The Morgan fingerprint density at radius 3 is 2.33 bits per heavy atom. The molecule has 0 aromatic heterocycles. The predicted molar refractivity (Wildman–Crippen MR) is 94.2 cm³/mol. The van der Waals surface area contributed by atoms with Gasteiger partial charge in [0.2, 0.25) is 0 Å². The highest BCUT2D eigenvalue weighted by atomic mass is 32.2. The van der Waals surface area contributed by atoms with Gasteiger partial charge in [-0.1, -0.05) is 29.8 Å². The van der Waals surface area contributed by atoms with Crippen LogP contribution in [0.5, 0.6) is 0 Å². The fourth-order valence-corrected chi connectivity index (χ4v) is 3.20. The second kappa shape index (κ2) is 8.89. The maximum Gasteiger partial charge on any atom is 0.296 e. The number of hydrogen-bond donors (Lipinski definition) is 1. The van der Waals surface area contributed by atoms with Crippen molar-refractivity contribution in [2.75, 3.05) is 13.2 Å². The fraction of sp³-hybridized carbons (Fsp3) is 0.444. The fourth-order valence-electron chi connectivity index (χ4n) is 2.28. The molecule has 0 aliphatic carbocycles. The quantitative estimate of drug-likeness (QED) is 0.410. The van der Waals surface area contributed by atoms with Crippen molar-refractivity contribution in [1.29, 1.82) is 0 Å². The van der Waals surface area contributed by atoms with Gasteiger partial charge < -0.3 is 9.84 Å². The van der Waals surface area contributed by atoms with Crippen molar-refractivity contribution in [1.82, 2.24) is 0 Å². The molecule has 0 fully saturated rings. The minimum atomic E-state index is -3.79. The molecule has 0 radical (unpaired) electrons. The average Bonchev–Trinajstić information content (AvgIpc) is 2.51. The molecule has 0 saturated heterocycles. The smallest absolute Gasteiger partial charge is 0.296 e. The minimum Gasteiger partial charge on any atom is -0.481 e. The molecular formula is C18H26O5S. The molecule has 6 heteroatoms. The summed E-state index contributed by atoms with van der Waals surface area (Å²) in [5, 5.41) is 9.86. The van der Waals surface area contributed by atoms with E-state index < -0.39 is 10.1 Å². The molecule has 24 heavy (non-hydrogen) atoms. The van der Waals surface area contributed by atoms with Crippen LogP contribution in [-0.2, 0) is 19.0 Å². The number of rotatable bonds is 9. The van der Waals surface area contributed by atoms with E-state index in [-0.39, 0.29) is 23.4 Å². The van der Waals surface area contributed by atoms with Gasteiger partial charge in [-0.05, 0) is 46.2 Å². The van der Waals surface area contributed by atoms with Crippen molar-refractivity contribution < 1.29 is 22.4 Å². The molecule has 0 amide bonds. The molecule has 1 atom stereocenters. The average molecular weight is 354 g/mol. The first-order valence-electron chi connectivity index (χ1n) is 7.83. The number of aliphatic hydroxyl groups is 1. The molecule has 0 aliphatic heterocycles. The molecule has 5 nitrogen and oxygen atoms in total. The lowest BCUT2D eigenvalue weighted by atomic mass is 9.91. The third-order valence-corrected chi connectivity index (χ3v) is 5.02. The molecule has 1 N–H and O–H groups in total. The summed E-state index contributed by atoms with van der Waals surface area (Å²) in [6.07, 6.45) is 0.378. The SMILES string of the molecule is C=C(C)C(CCOS(=O)(=O)c1ccc(C)cc1)/C(C)=C(/O)OCC. The molecule has 0 heterocycles. The Labute approximate surface area is 144 Å². The molecule has 134 valence electrons. The van der Waals surface area contributed by atoms with Crippen molar-refractivity contribution in [2.45, 2.75) is 39.0 Å². The van der Waals surface area contributed by atoms with Gasteiger partial charge >= 0.3 is 0 Å². The standard InChI is InChI=1S/C18H26O5S/c1-6-22-18(19)15(5)17(13(2)3)11-12-23-24(20,21)16-9-7-14(4)8-10-16/h7-10,17,19H,2,6,11-12H2,1,3-5H3/b18-15-. The van der Waals surface area contributed by atoms with Gasteiger partial charge in [0.25, 0.3) is 16.1 Å². The number of hydrogen-bond acceptors (Lipinski definition) is 5. The zero-order valence-electron chi connectivity index (χ0n) is 14.7. The third kappa shape index (κ3) is 5.69. The first kappa shape index (κ1) is 20.3. The number of aryl methyl sites for hydroxylation is 1. The maximum absolute atomic E-state index is 12.2. The number of allylic oxidation sites excluding steroid dienone is 2. The zero-order valence-corrected chi connectivity index (χ0v) is 15.5. The minimum absolute atomic E-state index is 0.00944. The van der Waals surface area contributed by atoms with E-state index in [2.05, 4.69) is 6.58 Å². The van der Waals surface area contributed by atoms with Gasteiger partial charge in [0.05, 0.1) is 18.1 Å². The highest BCUT2D eigenvalue weighted by Crippen LogP contribution is 2.25. The zero-order chi connectivity index (χ0) is 18.3. The summed E-state index contributed by atoms with van der Waals surface area (Å²) in [6.45, 7) is 11.5. The van der Waals surface area contributed by atoms with Crippen molar-refractivity contribution in [2.24, 2.45) is 5.92 Å². The molecule has 1 unspecified atom stereocenters. The van der Waals surface area contributed by atoms with Gasteiger partial charge in [-0.15, -0.1) is 0 Å². The van der Waals surface area contributed by atoms with Crippen LogP contribution in [0.4, 0.5) is 0 Å². The Morgan fingerprint density at radius 2 is 1.83 bits per heavy atom. The van der Waals surface area contributed by atoms with Crippen molar-refractivity contribution in [3.05, 3.63) is 53.5 Å². The Balaban J connectivity index is 2.77. The van der Waals surface area contributed by atoms with Crippen molar-refractivity contribution in [3.8, 4) is 0 Å². The topological polar surface area (TPSA) is 72.8 Å². The molecule has 0 bridgehead atoms. The summed E-state index contributed by atoms with van der Waals surface area (Å²) < 4.78 is 34.6. The summed E-state index contributed by atoms with van der Waals surface area (Å²) in [6, 6.07) is 6.49. The van der Waals surface area contributed by atoms with Gasteiger partial charge in [0.1, 0.15) is 0 Å². The van der Waals surface area contributed by atoms with Crippen LogP contribution in [0.1, 0.15) is 32.8 Å². The Bertz CT molecular complexity index is 687. The van der Waals surface area contributed by atoms with Crippen LogP contribution >= 0.6 is 0 Å².